The fourth-order valence-electron chi connectivity index (χ4n) is 3.55. The van der Waals surface area contributed by atoms with Crippen molar-refractivity contribution in [1.29, 1.82) is 0 Å². The van der Waals surface area contributed by atoms with Gasteiger partial charge >= 0.3 is 0 Å². The van der Waals surface area contributed by atoms with Crippen LogP contribution in [0.25, 0.3) is 5.52 Å². The number of pyridine rings is 1. The van der Waals surface area contributed by atoms with Crippen LogP contribution in [0.5, 0.6) is 0 Å². The van der Waals surface area contributed by atoms with Gasteiger partial charge in [-0.3, -0.25) is 4.79 Å². The monoisotopic (exact) mass is 377 g/mol. The molecule has 1 unspecified atom stereocenters. The van der Waals surface area contributed by atoms with Gasteiger partial charge in [-0.25, -0.2) is 13.4 Å². The number of carbonyl (C=O) groups is 1. The number of hydrogen-bond acceptors (Lipinski definition) is 4. The van der Waals surface area contributed by atoms with Gasteiger partial charge in [0.1, 0.15) is 5.82 Å². The van der Waals surface area contributed by atoms with Crippen LogP contribution in [0.2, 0.25) is 0 Å². The zero-order valence-corrected chi connectivity index (χ0v) is 16.3. The average Bonchev–Trinajstić information content (AvgIpc) is 3.11. The smallest absolute Gasteiger partial charge is 0.272 e. The first-order chi connectivity index (χ1) is 12.4. The van der Waals surface area contributed by atoms with Gasteiger partial charge in [-0.05, 0) is 43.2 Å². The Hall–Kier alpha value is -1.89. The predicted molar refractivity (Wildman–Crippen MR) is 102 cm³/mol. The van der Waals surface area contributed by atoms with Crippen molar-refractivity contribution in [3.8, 4) is 0 Å². The third-order valence-corrected chi connectivity index (χ3v) is 6.67. The van der Waals surface area contributed by atoms with E-state index in [1.165, 1.54) is 0 Å². The van der Waals surface area contributed by atoms with Crippen LogP contribution in [0.3, 0.4) is 0 Å². The highest BCUT2D eigenvalue weighted by Crippen LogP contribution is 2.22. The number of hydrogen-bond donors (Lipinski definition) is 1. The maximum absolute atomic E-state index is 12.6. The summed E-state index contributed by atoms with van der Waals surface area (Å²) >= 11 is 0. The molecular formula is C19H27N3O3S. The van der Waals surface area contributed by atoms with Gasteiger partial charge in [0.2, 0.25) is 0 Å². The van der Waals surface area contributed by atoms with E-state index in [0.29, 0.717) is 29.7 Å². The summed E-state index contributed by atoms with van der Waals surface area (Å²) < 4.78 is 25.0. The summed E-state index contributed by atoms with van der Waals surface area (Å²) in [7, 11) is -2.82. The summed E-state index contributed by atoms with van der Waals surface area (Å²) in [6, 6.07) is 5.76. The Kier molecular flexibility index (Phi) is 5.65. The van der Waals surface area contributed by atoms with Crippen LogP contribution in [0.1, 0.15) is 49.4 Å². The minimum atomic E-state index is -2.82. The topological polar surface area (TPSA) is 80.5 Å². The molecule has 3 heterocycles. The lowest BCUT2D eigenvalue weighted by molar-refractivity contribution is 0.0949. The first kappa shape index (κ1) is 18.9. The maximum atomic E-state index is 12.6. The summed E-state index contributed by atoms with van der Waals surface area (Å²) in [6.45, 7) is 4.81. The Labute approximate surface area is 154 Å². The average molecular weight is 378 g/mol. The molecule has 7 heteroatoms. The SMILES string of the molecule is CC(C)Cc1nc(C(=O)NCCCC2CCS(=O)(=O)C2)c2ccccn12. The van der Waals surface area contributed by atoms with Crippen molar-refractivity contribution in [3.63, 3.8) is 0 Å². The van der Waals surface area contributed by atoms with E-state index in [9.17, 15) is 13.2 Å². The minimum absolute atomic E-state index is 0.164. The molecule has 3 rings (SSSR count). The van der Waals surface area contributed by atoms with Crippen molar-refractivity contribution < 1.29 is 13.2 Å². The van der Waals surface area contributed by atoms with Crippen molar-refractivity contribution in [3.05, 3.63) is 35.9 Å². The van der Waals surface area contributed by atoms with E-state index >= 15 is 0 Å². The highest BCUT2D eigenvalue weighted by Gasteiger charge is 2.27. The second-order valence-electron chi connectivity index (χ2n) is 7.60. The molecule has 0 spiro atoms. The number of rotatable bonds is 7. The summed E-state index contributed by atoms with van der Waals surface area (Å²) in [5, 5.41) is 2.94. The molecule has 1 fully saturated rings. The Morgan fingerprint density at radius 3 is 2.88 bits per heavy atom. The normalized spacial score (nSPS) is 19.3. The standard InChI is InChI=1S/C19H27N3O3S/c1-14(2)12-17-21-18(16-7-3-4-10-22(16)17)19(23)20-9-5-6-15-8-11-26(24,25)13-15/h3-4,7,10,14-15H,5-6,8-9,11-13H2,1-2H3,(H,20,23). The number of aromatic nitrogens is 2. The fourth-order valence-corrected chi connectivity index (χ4v) is 5.46. The summed E-state index contributed by atoms with van der Waals surface area (Å²) in [5.41, 5.74) is 1.28. The molecular weight excluding hydrogens is 350 g/mol. The highest BCUT2D eigenvalue weighted by molar-refractivity contribution is 7.91. The maximum Gasteiger partial charge on any atom is 0.272 e. The van der Waals surface area contributed by atoms with Gasteiger partial charge in [0.25, 0.3) is 5.91 Å². The number of fused-ring (bicyclic) bond motifs is 1. The molecule has 1 saturated heterocycles. The van der Waals surface area contributed by atoms with Gasteiger partial charge in [-0.2, -0.15) is 0 Å². The number of sulfone groups is 1. The van der Waals surface area contributed by atoms with Gasteiger partial charge in [0, 0.05) is 19.2 Å². The molecule has 0 radical (unpaired) electrons. The molecule has 1 amide bonds. The van der Waals surface area contributed by atoms with Crippen LogP contribution in [0.4, 0.5) is 0 Å². The lowest BCUT2D eigenvalue weighted by Gasteiger charge is -2.08. The van der Waals surface area contributed by atoms with Crippen molar-refractivity contribution >= 4 is 21.3 Å². The molecule has 1 atom stereocenters. The molecule has 0 bridgehead atoms. The van der Waals surface area contributed by atoms with Crippen LogP contribution in [0, 0.1) is 11.8 Å². The van der Waals surface area contributed by atoms with Crippen molar-refractivity contribution in [1.82, 2.24) is 14.7 Å². The van der Waals surface area contributed by atoms with Gasteiger partial charge in [-0.15, -0.1) is 0 Å². The van der Waals surface area contributed by atoms with Gasteiger partial charge in [0.05, 0.1) is 17.0 Å². The number of nitrogens with zero attached hydrogens (tertiary/aromatic N) is 2. The predicted octanol–water partition coefficient (Wildman–Crippen LogP) is 2.48. The summed E-state index contributed by atoms with van der Waals surface area (Å²) in [6.07, 6.45) is 5.13. The number of imidazole rings is 1. The molecule has 2 aromatic heterocycles. The molecule has 6 nitrogen and oxygen atoms in total. The van der Waals surface area contributed by atoms with E-state index in [1.807, 2.05) is 28.8 Å². The van der Waals surface area contributed by atoms with Crippen LogP contribution in [0.15, 0.2) is 24.4 Å². The van der Waals surface area contributed by atoms with E-state index in [-0.39, 0.29) is 11.8 Å². The Balaban J connectivity index is 1.59. The van der Waals surface area contributed by atoms with Crippen molar-refractivity contribution in [2.75, 3.05) is 18.1 Å². The van der Waals surface area contributed by atoms with Crippen LogP contribution < -0.4 is 5.32 Å². The molecule has 1 aliphatic rings. The Morgan fingerprint density at radius 1 is 1.38 bits per heavy atom. The van der Waals surface area contributed by atoms with Crippen molar-refractivity contribution in [2.24, 2.45) is 11.8 Å². The van der Waals surface area contributed by atoms with E-state index in [4.69, 9.17) is 0 Å². The lowest BCUT2D eigenvalue weighted by Crippen LogP contribution is -2.25. The molecule has 1 N–H and O–H groups in total. The van der Waals surface area contributed by atoms with E-state index in [1.54, 1.807) is 0 Å². The van der Waals surface area contributed by atoms with Gasteiger partial charge in [-0.1, -0.05) is 19.9 Å². The van der Waals surface area contributed by atoms with Crippen molar-refractivity contribution in [2.45, 2.75) is 39.5 Å². The van der Waals surface area contributed by atoms with E-state index < -0.39 is 9.84 Å². The third-order valence-electron chi connectivity index (χ3n) is 4.83. The first-order valence-corrected chi connectivity index (χ1v) is 11.1. The first-order valence-electron chi connectivity index (χ1n) is 9.30. The molecule has 0 aliphatic carbocycles. The molecule has 0 saturated carbocycles. The number of amides is 1. The molecule has 2 aromatic rings. The summed E-state index contributed by atoms with van der Waals surface area (Å²) in [4.78, 5) is 17.2. The largest absolute Gasteiger partial charge is 0.351 e. The second kappa shape index (κ2) is 7.78. The quantitative estimate of drug-likeness (QED) is 0.752. The molecule has 142 valence electrons. The highest BCUT2D eigenvalue weighted by atomic mass is 32.2. The van der Waals surface area contributed by atoms with Crippen LogP contribution in [-0.4, -0.2) is 41.8 Å². The van der Waals surface area contributed by atoms with E-state index in [2.05, 4.69) is 24.1 Å². The number of nitrogens with one attached hydrogen (secondary N) is 1. The third kappa shape index (κ3) is 4.44. The minimum Gasteiger partial charge on any atom is -0.351 e. The Bertz CT molecular complexity index is 887. The Morgan fingerprint density at radius 2 is 2.19 bits per heavy atom. The fraction of sp³-hybridized carbons (Fsp3) is 0.579. The van der Waals surface area contributed by atoms with Gasteiger partial charge in [0.15, 0.2) is 15.5 Å². The number of carbonyl (C=O) groups excluding carboxylic acids is 1. The van der Waals surface area contributed by atoms with Crippen LogP contribution in [-0.2, 0) is 16.3 Å². The van der Waals surface area contributed by atoms with E-state index in [0.717, 1.165) is 37.0 Å². The lowest BCUT2D eigenvalue weighted by atomic mass is 10.0. The van der Waals surface area contributed by atoms with Gasteiger partial charge < -0.3 is 9.72 Å². The second-order valence-corrected chi connectivity index (χ2v) is 9.83. The zero-order chi connectivity index (χ0) is 18.7. The summed E-state index contributed by atoms with van der Waals surface area (Å²) in [5.74, 6) is 2.04. The molecule has 1 aliphatic heterocycles. The molecule has 26 heavy (non-hydrogen) atoms. The molecule has 0 aromatic carbocycles. The zero-order valence-electron chi connectivity index (χ0n) is 15.4. The van der Waals surface area contributed by atoms with Crippen LogP contribution >= 0.6 is 0 Å².